The molecule has 0 aliphatic heterocycles. The SMILES string of the molecule is COCCOC(=O)c1cc(C)c(Cl)c(S(N)(=O)=O)c1. The van der Waals surface area contributed by atoms with Crippen LogP contribution in [-0.4, -0.2) is 34.7 Å². The molecular formula is C11H14ClNO5S. The summed E-state index contributed by atoms with van der Waals surface area (Å²) in [5, 5.41) is 5.03. The molecule has 0 saturated carbocycles. The minimum atomic E-state index is -4.00. The molecule has 0 fully saturated rings. The average molecular weight is 308 g/mol. The number of methoxy groups -OCH3 is 1. The van der Waals surface area contributed by atoms with E-state index in [0.717, 1.165) is 6.07 Å². The second-order valence-corrected chi connectivity index (χ2v) is 5.69. The lowest BCUT2D eigenvalue weighted by molar-refractivity contribution is 0.0387. The number of primary sulfonamides is 1. The molecule has 1 rings (SSSR count). The van der Waals surface area contributed by atoms with Gasteiger partial charge in [0.2, 0.25) is 10.0 Å². The van der Waals surface area contributed by atoms with Crippen molar-refractivity contribution in [3.63, 3.8) is 0 Å². The topological polar surface area (TPSA) is 95.7 Å². The molecule has 0 aliphatic carbocycles. The molecule has 106 valence electrons. The Morgan fingerprint density at radius 2 is 2.00 bits per heavy atom. The van der Waals surface area contributed by atoms with Gasteiger partial charge in [0.05, 0.1) is 17.2 Å². The lowest BCUT2D eigenvalue weighted by atomic mass is 10.1. The molecule has 1 aromatic carbocycles. The van der Waals surface area contributed by atoms with Crippen molar-refractivity contribution in [2.45, 2.75) is 11.8 Å². The summed E-state index contributed by atoms with van der Waals surface area (Å²) < 4.78 is 32.3. The number of sulfonamides is 1. The van der Waals surface area contributed by atoms with Crippen molar-refractivity contribution in [3.05, 3.63) is 28.3 Å². The Balaban J connectivity index is 3.11. The van der Waals surface area contributed by atoms with Gasteiger partial charge in [-0.25, -0.2) is 18.4 Å². The van der Waals surface area contributed by atoms with Crippen LogP contribution in [0.1, 0.15) is 15.9 Å². The Hall–Kier alpha value is -1.15. The third-order valence-electron chi connectivity index (χ3n) is 2.28. The molecule has 0 bridgehead atoms. The van der Waals surface area contributed by atoms with Crippen molar-refractivity contribution in [2.75, 3.05) is 20.3 Å². The molecule has 2 N–H and O–H groups in total. The number of hydrogen-bond acceptors (Lipinski definition) is 5. The molecule has 0 unspecified atom stereocenters. The molecule has 19 heavy (non-hydrogen) atoms. The van der Waals surface area contributed by atoms with Gasteiger partial charge >= 0.3 is 5.97 Å². The first-order chi connectivity index (χ1) is 8.77. The summed E-state index contributed by atoms with van der Waals surface area (Å²) >= 11 is 5.85. The molecule has 0 atom stereocenters. The molecule has 6 nitrogen and oxygen atoms in total. The fraction of sp³-hybridized carbons (Fsp3) is 0.364. The number of ether oxygens (including phenoxy) is 2. The largest absolute Gasteiger partial charge is 0.460 e. The molecule has 8 heteroatoms. The van der Waals surface area contributed by atoms with Gasteiger partial charge in [0.15, 0.2) is 0 Å². The lowest BCUT2D eigenvalue weighted by Crippen LogP contribution is -2.16. The smallest absolute Gasteiger partial charge is 0.338 e. The third-order valence-corrected chi connectivity index (χ3v) is 3.83. The zero-order valence-corrected chi connectivity index (χ0v) is 12.0. The Labute approximate surface area is 116 Å². The Bertz CT molecular complexity index is 585. The van der Waals surface area contributed by atoms with Gasteiger partial charge < -0.3 is 9.47 Å². The first-order valence-electron chi connectivity index (χ1n) is 5.26. The fourth-order valence-corrected chi connectivity index (χ4v) is 2.50. The van der Waals surface area contributed by atoms with Crippen molar-refractivity contribution in [2.24, 2.45) is 5.14 Å². The minimum absolute atomic E-state index is 0.00376. The monoisotopic (exact) mass is 307 g/mol. The normalized spacial score (nSPS) is 11.4. The van der Waals surface area contributed by atoms with Crippen molar-refractivity contribution >= 4 is 27.6 Å². The van der Waals surface area contributed by atoms with Gasteiger partial charge in [0, 0.05) is 7.11 Å². The van der Waals surface area contributed by atoms with E-state index >= 15 is 0 Å². The molecule has 0 aromatic heterocycles. The first-order valence-corrected chi connectivity index (χ1v) is 7.18. The molecule has 0 heterocycles. The predicted molar refractivity (Wildman–Crippen MR) is 69.7 cm³/mol. The van der Waals surface area contributed by atoms with Gasteiger partial charge in [-0.15, -0.1) is 0 Å². The van der Waals surface area contributed by atoms with Gasteiger partial charge in [-0.3, -0.25) is 0 Å². The number of esters is 1. The average Bonchev–Trinajstić information content (AvgIpc) is 2.31. The van der Waals surface area contributed by atoms with Crippen LogP contribution < -0.4 is 5.14 Å². The predicted octanol–water partition coefficient (Wildman–Crippen LogP) is 1.10. The second kappa shape index (κ2) is 6.33. The number of rotatable bonds is 5. The summed E-state index contributed by atoms with van der Waals surface area (Å²) in [5.41, 5.74) is 0.494. The summed E-state index contributed by atoms with van der Waals surface area (Å²) in [4.78, 5) is 11.4. The number of carbonyl (C=O) groups excluding carboxylic acids is 1. The molecule has 0 radical (unpaired) electrons. The van der Waals surface area contributed by atoms with Crippen LogP contribution in [0.2, 0.25) is 5.02 Å². The maximum atomic E-state index is 11.7. The minimum Gasteiger partial charge on any atom is -0.460 e. The number of carbonyl (C=O) groups is 1. The number of nitrogens with two attached hydrogens (primary N) is 1. The van der Waals surface area contributed by atoms with Gasteiger partial charge in [-0.2, -0.15) is 0 Å². The molecule has 0 saturated heterocycles. The fourth-order valence-electron chi connectivity index (χ4n) is 1.36. The quantitative estimate of drug-likeness (QED) is 0.649. The van der Waals surface area contributed by atoms with E-state index in [4.69, 9.17) is 26.2 Å². The van der Waals surface area contributed by atoms with Crippen molar-refractivity contribution in [1.82, 2.24) is 0 Å². The maximum Gasteiger partial charge on any atom is 0.338 e. The van der Waals surface area contributed by atoms with E-state index in [1.54, 1.807) is 6.92 Å². The van der Waals surface area contributed by atoms with Crippen LogP contribution in [0.3, 0.4) is 0 Å². The summed E-state index contributed by atoms with van der Waals surface area (Å²) in [6.07, 6.45) is 0. The number of hydrogen-bond donors (Lipinski definition) is 1. The van der Waals surface area contributed by atoms with Crippen LogP contribution in [-0.2, 0) is 19.5 Å². The van der Waals surface area contributed by atoms with Gasteiger partial charge in [-0.05, 0) is 24.6 Å². The van der Waals surface area contributed by atoms with Crippen LogP contribution in [0, 0.1) is 6.92 Å². The second-order valence-electron chi connectivity index (χ2n) is 3.78. The zero-order chi connectivity index (χ0) is 14.6. The standard InChI is InChI=1S/C11H14ClNO5S/c1-7-5-8(11(14)18-4-3-17-2)6-9(10(7)12)19(13,15)16/h5-6H,3-4H2,1-2H3,(H2,13,15,16). The highest BCUT2D eigenvalue weighted by molar-refractivity contribution is 7.89. The molecule has 0 amide bonds. The van der Waals surface area contributed by atoms with Crippen LogP contribution in [0.5, 0.6) is 0 Å². The highest BCUT2D eigenvalue weighted by Crippen LogP contribution is 2.26. The van der Waals surface area contributed by atoms with E-state index in [0.29, 0.717) is 5.56 Å². The van der Waals surface area contributed by atoms with Crippen LogP contribution in [0.25, 0.3) is 0 Å². The summed E-state index contributed by atoms with van der Waals surface area (Å²) in [6.45, 7) is 1.89. The Morgan fingerprint density at radius 1 is 1.37 bits per heavy atom. The Kier molecular flexibility index (Phi) is 5.30. The van der Waals surface area contributed by atoms with Crippen molar-refractivity contribution in [3.8, 4) is 0 Å². The highest BCUT2D eigenvalue weighted by atomic mass is 35.5. The van der Waals surface area contributed by atoms with Crippen LogP contribution >= 0.6 is 11.6 Å². The van der Waals surface area contributed by atoms with E-state index in [1.165, 1.54) is 13.2 Å². The summed E-state index contributed by atoms with van der Waals surface area (Å²) in [6, 6.07) is 2.53. The van der Waals surface area contributed by atoms with Crippen LogP contribution in [0.15, 0.2) is 17.0 Å². The van der Waals surface area contributed by atoms with E-state index in [2.05, 4.69) is 0 Å². The Morgan fingerprint density at radius 3 is 2.53 bits per heavy atom. The molecule has 0 aliphatic rings. The molecule has 0 spiro atoms. The lowest BCUT2D eigenvalue weighted by Gasteiger charge is -2.09. The number of benzene rings is 1. The highest BCUT2D eigenvalue weighted by Gasteiger charge is 2.19. The first kappa shape index (κ1) is 15.9. The van der Waals surface area contributed by atoms with Gasteiger partial charge in [0.1, 0.15) is 11.5 Å². The maximum absolute atomic E-state index is 11.7. The van der Waals surface area contributed by atoms with Crippen molar-refractivity contribution in [1.29, 1.82) is 0 Å². The number of aryl methyl sites for hydroxylation is 1. The van der Waals surface area contributed by atoms with Crippen molar-refractivity contribution < 1.29 is 22.7 Å². The summed E-state index contributed by atoms with van der Waals surface area (Å²) in [5.74, 6) is -0.665. The van der Waals surface area contributed by atoms with Crippen LogP contribution in [0.4, 0.5) is 0 Å². The number of halogens is 1. The molecular weight excluding hydrogens is 294 g/mol. The van der Waals surface area contributed by atoms with Gasteiger partial charge in [0.25, 0.3) is 0 Å². The third kappa shape index (κ3) is 4.17. The van der Waals surface area contributed by atoms with E-state index in [9.17, 15) is 13.2 Å². The van der Waals surface area contributed by atoms with E-state index < -0.39 is 16.0 Å². The van der Waals surface area contributed by atoms with Gasteiger partial charge in [-0.1, -0.05) is 11.6 Å². The molecule has 1 aromatic rings. The van der Waals surface area contributed by atoms with E-state index in [1.807, 2.05) is 0 Å². The zero-order valence-electron chi connectivity index (χ0n) is 10.5. The van der Waals surface area contributed by atoms with E-state index in [-0.39, 0.29) is 28.7 Å². The summed E-state index contributed by atoms with van der Waals surface area (Å²) in [7, 11) is -2.53.